The molecule has 3 N–H and O–H groups in total. The van der Waals surface area contributed by atoms with Gasteiger partial charge >= 0.3 is 5.97 Å². The van der Waals surface area contributed by atoms with Gasteiger partial charge in [0.1, 0.15) is 11.9 Å². The second-order valence-corrected chi connectivity index (χ2v) is 6.25. The molecule has 0 radical (unpaired) electrons. The summed E-state index contributed by atoms with van der Waals surface area (Å²) in [5.74, 6) is -2.88. The predicted octanol–water partition coefficient (Wildman–Crippen LogP) is 1.93. The SMILES string of the molecule is CC(C)C[C@H](NC(=O)CNC(=O)c1cc(F)ccc1Br)C(=O)O. The lowest BCUT2D eigenvalue weighted by atomic mass is 10.0. The van der Waals surface area contributed by atoms with Gasteiger partial charge in [-0.05, 0) is 46.5 Å². The van der Waals surface area contributed by atoms with Gasteiger partial charge in [-0.3, -0.25) is 9.59 Å². The lowest BCUT2D eigenvalue weighted by molar-refractivity contribution is -0.142. The van der Waals surface area contributed by atoms with E-state index in [-0.39, 0.29) is 17.9 Å². The van der Waals surface area contributed by atoms with Crippen LogP contribution in [0.2, 0.25) is 0 Å². The van der Waals surface area contributed by atoms with E-state index < -0.39 is 36.2 Å². The molecule has 1 rings (SSSR count). The van der Waals surface area contributed by atoms with Gasteiger partial charge in [0.15, 0.2) is 0 Å². The third kappa shape index (κ3) is 6.35. The zero-order valence-corrected chi connectivity index (χ0v) is 14.3. The molecule has 0 saturated carbocycles. The van der Waals surface area contributed by atoms with Crippen LogP contribution in [0.15, 0.2) is 22.7 Å². The minimum absolute atomic E-state index is 0.0507. The third-order valence-electron chi connectivity index (χ3n) is 2.92. The number of amides is 2. The average molecular weight is 389 g/mol. The summed E-state index contributed by atoms with van der Waals surface area (Å²) in [6.07, 6.45) is 0.282. The van der Waals surface area contributed by atoms with Crippen molar-refractivity contribution in [2.45, 2.75) is 26.3 Å². The van der Waals surface area contributed by atoms with Crippen molar-refractivity contribution in [1.29, 1.82) is 0 Å². The minimum atomic E-state index is -1.13. The number of carbonyl (C=O) groups excluding carboxylic acids is 2. The number of hydrogen-bond donors (Lipinski definition) is 3. The highest BCUT2D eigenvalue weighted by atomic mass is 79.9. The van der Waals surface area contributed by atoms with Crippen molar-refractivity contribution in [2.24, 2.45) is 5.92 Å². The Bertz CT molecular complexity index is 607. The molecule has 0 aromatic heterocycles. The van der Waals surface area contributed by atoms with Gasteiger partial charge in [0, 0.05) is 4.47 Å². The van der Waals surface area contributed by atoms with Gasteiger partial charge in [-0.2, -0.15) is 0 Å². The fourth-order valence-electron chi connectivity index (χ4n) is 1.87. The molecule has 1 aromatic rings. The molecule has 23 heavy (non-hydrogen) atoms. The molecule has 0 bridgehead atoms. The standard InChI is InChI=1S/C15H18BrFN2O4/c1-8(2)5-12(15(22)23)19-13(20)7-18-14(21)10-6-9(17)3-4-11(10)16/h3-4,6,8,12H,5,7H2,1-2H3,(H,18,21)(H,19,20)(H,22,23)/t12-/m0/s1. The third-order valence-corrected chi connectivity index (χ3v) is 3.61. The van der Waals surface area contributed by atoms with Crippen LogP contribution < -0.4 is 10.6 Å². The Morgan fingerprint density at radius 3 is 2.52 bits per heavy atom. The van der Waals surface area contributed by atoms with Crippen molar-refractivity contribution in [3.05, 3.63) is 34.1 Å². The lowest BCUT2D eigenvalue weighted by Crippen LogP contribution is -2.46. The highest BCUT2D eigenvalue weighted by molar-refractivity contribution is 9.10. The Labute approximate surface area is 141 Å². The molecule has 1 atom stereocenters. The maximum atomic E-state index is 13.1. The van der Waals surface area contributed by atoms with Crippen molar-refractivity contribution in [1.82, 2.24) is 10.6 Å². The highest BCUT2D eigenvalue weighted by Crippen LogP contribution is 2.17. The van der Waals surface area contributed by atoms with E-state index in [0.717, 1.165) is 6.07 Å². The van der Waals surface area contributed by atoms with Crippen LogP contribution in [0, 0.1) is 11.7 Å². The number of halogens is 2. The molecule has 0 aliphatic heterocycles. The van der Waals surface area contributed by atoms with Crippen LogP contribution in [0.1, 0.15) is 30.6 Å². The summed E-state index contributed by atoms with van der Waals surface area (Å²) in [6, 6.07) is 2.60. The summed E-state index contributed by atoms with van der Waals surface area (Å²) in [7, 11) is 0. The largest absolute Gasteiger partial charge is 0.480 e. The first-order chi connectivity index (χ1) is 10.7. The molecule has 0 aliphatic rings. The van der Waals surface area contributed by atoms with Gasteiger partial charge in [-0.1, -0.05) is 13.8 Å². The van der Waals surface area contributed by atoms with Crippen LogP contribution in [0.4, 0.5) is 4.39 Å². The summed E-state index contributed by atoms with van der Waals surface area (Å²) in [5, 5.41) is 13.7. The van der Waals surface area contributed by atoms with Crippen LogP contribution in [-0.2, 0) is 9.59 Å². The van der Waals surface area contributed by atoms with Crippen molar-refractivity contribution in [3.8, 4) is 0 Å². The molecule has 8 heteroatoms. The van der Waals surface area contributed by atoms with Gasteiger partial charge in [0.25, 0.3) is 5.91 Å². The van der Waals surface area contributed by atoms with Gasteiger partial charge in [-0.15, -0.1) is 0 Å². The quantitative estimate of drug-likeness (QED) is 0.664. The number of aliphatic carboxylic acids is 1. The molecule has 0 fully saturated rings. The average Bonchev–Trinajstić information content (AvgIpc) is 2.46. The van der Waals surface area contributed by atoms with Crippen molar-refractivity contribution < 1.29 is 23.9 Å². The monoisotopic (exact) mass is 388 g/mol. The number of benzene rings is 1. The lowest BCUT2D eigenvalue weighted by Gasteiger charge is -2.16. The summed E-state index contributed by atoms with van der Waals surface area (Å²) in [4.78, 5) is 34.7. The van der Waals surface area contributed by atoms with Crippen molar-refractivity contribution in [3.63, 3.8) is 0 Å². The minimum Gasteiger partial charge on any atom is -0.480 e. The molecule has 2 amide bonds. The molecule has 0 aliphatic carbocycles. The maximum absolute atomic E-state index is 13.1. The second kappa shape index (κ2) is 8.61. The molecule has 0 unspecified atom stereocenters. The fraction of sp³-hybridized carbons (Fsp3) is 0.400. The van der Waals surface area contributed by atoms with Gasteiger partial charge in [0.2, 0.25) is 5.91 Å². The summed E-state index contributed by atoms with van der Waals surface area (Å²) in [6.45, 7) is 3.28. The topological polar surface area (TPSA) is 95.5 Å². The molecule has 0 saturated heterocycles. The van der Waals surface area contributed by atoms with E-state index in [0.29, 0.717) is 4.47 Å². The van der Waals surface area contributed by atoms with Crippen molar-refractivity contribution in [2.75, 3.05) is 6.54 Å². The second-order valence-electron chi connectivity index (χ2n) is 5.39. The highest BCUT2D eigenvalue weighted by Gasteiger charge is 2.21. The van der Waals surface area contributed by atoms with E-state index in [4.69, 9.17) is 5.11 Å². The van der Waals surface area contributed by atoms with E-state index in [9.17, 15) is 18.8 Å². The molecular formula is C15H18BrFN2O4. The van der Waals surface area contributed by atoms with Gasteiger partial charge in [-0.25, -0.2) is 9.18 Å². The van der Waals surface area contributed by atoms with E-state index >= 15 is 0 Å². The summed E-state index contributed by atoms with van der Waals surface area (Å²) < 4.78 is 13.5. The molecular weight excluding hydrogens is 371 g/mol. The fourth-order valence-corrected chi connectivity index (χ4v) is 2.29. The molecule has 6 nitrogen and oxygen atoms in total. The molecule has 126 valence electrons. The zero-order chi connectivity index (χ0) is 17.6. The van der Waals surface area contributed by atoms with Crippen LogP contribution in [0.5, 0.6) is 0 Å². The molecule has 0 heterocycles. The number of rotatable bonds is 7. The Morgan fingerprint density at radius 1 is 1.30 bits per heavy atom. The Hall–Kier alpha value is -1.96. The van der Waals surface area contributed by atoms with Gasteiger partial charge < -0.3 is 15.7 Å². The van der Waals surface area contributed by atoms with Crippen LogP contribution in [-0.4, -0.2) is 35.5 Å². The number of hydrogen-bond acceptors (Lipinski definition) is 3. The molecule has 1 aromatic carbocycles. The van der Waals surface area contributed by atoms with Gasteiger partial charge in [0.05, 0.1) is 12.1 Å². The number of nitrogens with one attached hydrogen (secondary N) is 2. The smallest absolute Gasteiger partial charge is 0.326 e. The van der Waals surface area contributed by atoms with E-state index in [1.807, 2.05) is 13.8 Å². The van der Waals surface area contributed by atoms with Crippen LogP contribution in [0.25, 0.3) is 0 Å². The Kier molecular flexibility index (Phi) is 7.15. The zero-order valence-electron chi connectivity index (χ0n) is 12.7. The normalized spacial score (nSPS) is 11.9. The van der Waals surface area contributed by atoms with E-state index in [2.05, 4.69) is 26.6 Å². The molecule has 0 spiro atoms. The maximum Gasteiger partial charge on any atom is 0.326 e. The van der Waals surface area contributed by atoms with E-state index in [1.54, 1.807) is 0 Å². The first-order valence-electron chi connectivity index (χ1n) is 6.96. The summed E-state index contributed by atoms with van der Waals surface area (Å²) in [5.41, 5.74) is 0.0507. The van der Waals surface area contributed by atoms with Crippen molar-refractivity contribution >= 4 is 33.7 Å². The Balaban J connectivity index is 2.59. The number of carboxylic acids is 1. The Morgan fingerprint density at radius 2 is 1.96 bits per heavy atom. The van der Waals surface area contributed by atoms with Crippen LogP contribution >= 0.6 is 15.9 Å². The summed E-state index contributed by atoms with van der Waals surface area (Å²) >= 11 is 3.12. The van der Waals surface area contributed by atoms with Crippen LogP contribution in [0.3, 0.4) is 0 Å². The first-order valence-corrected chi connectivity index (χ1v) is 7.75. The van der Waals surface area contributed by atoms with E-state index in [1.165, 1.54) is 12.1 Å². The number of carbonyl (C=O) groups is 3. The number of carboxylic acid groups (broad SMARTS) is 1. The first kappa shape index (κ1) is 19.1. The predicted molar refractivity (Wildman–Crippen MR) is 85.5 cm³/mol.